The molecule has 0 aliphatic carbocycles. The molecule has 0 amide bonds. The van der Waals surface area contributed by atoms with Crippen LogP contribution in [0.2, 0.25) is 0 Å². The normalized spacial score (nSPS) is 14.9. The van der Waals surface area contributed by atoms with Crippen molar-refractivity contribution in [2.24, 2.45) is 0 Å². The lowest BCUT2D eigenvalue weighted by atomic mass is 10.4. The van der Waals surface area contributed by atoms with Crippen molar-refractivity contribution in [2.45, 2.75) is 10.6 Å². The molecule has 1 aromatic heterocycles. The van der Waals surface area contributed by atoms with Crippen molar-refractivity contribution in [1.82, 2.24) is 9.97 Å². The average molecular weight is 187 g/mol. The van der Waals surface area contributed by atoms with Gasteiger partial charge in [-0.05, 0) is 10.8 Å². The molecule has 1 aliphatic heterocycles. The maximum atomic E-state index is 11.1. The Bertz CT molecular complexity index is 348. The molecule has 0 saturated heterocycles. The third-order valence-corrected chi connectivity index (χ3v) is 3.61. The van der Waals surface area contributed by atoms with E-state index < -0.39 is 0 Å². The van der Waals surface area contributed by atoms with Crippen LogP contribution in [0.25, 0.3) is 0 Å². The van der Waals surface area contributed by atoms with Gasteiger partial charge in [0.1, 0.15) is 4.90 Å². The van der Waals surface area contributed by atoms with Gasteiger partial charge in [0.25, 0.3) is 5.56 Å². The number of hydrogen-bond donors (Lipinski definition) is 2. The number of hydrogen-bond acceptors (Lipinski definition) is 5. The first-order valence-electron chi connectivity index (χ1n) is 2.95. The molecular formula is C5H5N3OS2. The molecule has 6 heteroatoms. The fourth-order valence-electron chi connectivity index (χ4n) is 0.856. The highest BCUT2D eigenvalue weighted by atomic mass is 33.1. The van der Waals surface area contributed by atoms with Crippen LogP contribution in [0, 0.1) is 0 Å². The van der Waals surface area contributed by atoms with E-state index in [9.17, 15) is 4.79 Å². The van der Waals surface area contributed by atoms with E-state index in [0.29, 0.717) is 4.90 Å². The van der Waals surface area contributed by atoms with Crippen molar-refractivity contribution in [2.75, 3.05) is 5.73 Å². The van der Waals surface area contributed by atoms with Crippen molar-refractivity contribution in [3.05, 3.63) is 16.0 Å². The highest BCUT2D eigenvalue weighted by molar-refractivity contribution is 8.76. The number of nitrogens with zero attached hydrogens (tertiary/aromatic N) is 1. The van der Waals surface area contributed by atoms with E-state index in [1.54, 1.807) is 10.8 Å². The molecule has 0 spiro atoms. The van der Waals surface area contributed by atoms with E-state index in [-0.39, 0.29) is 11.5 Å². The lowest BCUT2D eigenvalue weighted by Gasteiger charge is -1.95. The smallest absolute Gasteiger partial charge is 0.267 e. The first kappa shape index (κ1) is 7.05. The van der Waals surface area contributed by atoms with Gasteiger partial charge in [0, 0.05) is 5.75 Å². The molecule has 0 atom stereocenters. The maximum absolute atomic E-state index is 11.1. The summed E-state index contributed by atoms with van der Waals surface area (Å²) in [4.78, 5) is 18.3. The summed E-state index contributed by atoms with van der Waals surface area (Å²) in [7, 11) is 3.06. The Balaban J connectivity index is 2.70. The van der Waals surface area contributed by atoms with Gasteiger partial charge in [-0.3, -0.25) is 9.78 Å². The number of nitrogens with two attached hydrogens (primary N) is 1. The minimum atomic E-state index is -0.123. The Morgan fingerprint density at radius 3 is 3.27 bits per heavy atom. The van der Waals surface area contributed by atoms with Gasteiger partial charge < -0.3 is 5.73 Å². The van der Waals surface area contributed by atoms with Crippen LogP contribution < -0.4 is 11.3 Å². The van der Waals surface area contributed by atoms with Crippen LogP contribution >= 0.6 is 21.6 Å². The molecule has 2 rings (SSSR count). The van der Waals surface area contributed by atoms with Crippen LogP contribution in [-0.4, -0.2) is 9.97 Å². The molecule has 0 bridgehead atoms. The van der Waals surface area contributed by atoms with Crippen LogP contribution in [-0.2, 0) is 5.75 Å². The lowest BCUT2D eigenvalue weighted by molar-refractivity contribution is 0.995. The Labute approximate surface area is 70.4 Å². The summed E-state index contributed by atoms with van der Waals surface area (Å²) in [6.07, 6.45) is 0. The second-order valence-corrected chi connectivity index (χ2v) is 4.38. The van der Waals surface area contributed by atoms with E-state index in [1.807, 2.05) is 0 Å². The van der Waals surface area contributed by atoms with Gasteiger partial charge in [-0.2, -0.15) is 0 Å². The summed E-state index contributed by atoms with van der Waals surface area (Å²) >= 11 is 0. The second kappa shape index (κ2) is 2.46. The number of aromatic nitrogens is 2. The first-order chi connectivity index (χ1) is 5.27. The first-order valence-corrected chi connectivity index (χ1v) is 5.27. The zero-order valence-corrected chi connectivity index (χ0v) is 7.09. The summed E-state index contributed by atoms with van der Waals surface area (Å²) in [5, 5.41) is 0. The Morgan fingerprint density at radius 1 is 1.64 bits per heavy atom. The number of nitrogen functional groups attached to an aromatic ring is 1. The van der Waals surface area contributed by atoms with Crippen molar-refractivity contribution >= 4 is 27.5 Å². The van der Waals surface area contributed by atoms with E-state index in [4.69, 9.17) is 5.73 Å². The zero-order valence-electron chi connectivity index (χ0n) is 5.46. The van der Waals surface area contributed by atoms with Crippen molar-refractivity contribution in [3.63, 3.8) is 0 Å². The quantitative estimate of drug-likeness (QED) is 0.582. The summed E-state index contributed by atoms with van der Waals surface area (Å²) < 4.78 is 0. The fourth-order valence-corrected chi connectivity index (χ4v) is 3.17. The van der Waals surface area contributed by atoms with Gasteiger partial charge in [-0.1, -0.05) is 10.8 Å². The Hall–Kier alpha value is -0.620. The van der Waals surface area contributed by atoms with Gasteiger partial charge in [-0.25, -0.2) is 4.98 Å². The maximum Gasteiger partial charge on any atom is 0.267 e. The molecule has 0 saturated carbocycles. The number of H-pyrrole nitrogens is 1. The van der Waals surface area contributed by atoms with Gasteiger partial charge in [0.2, 0.25) is 5.95 Å². The minimum absolute atomic E-state index is 0.123. The number of anilines is 1. The number of rotatable bonds is 0. The molecule has 11 heavy (non-hydrogen) atoms. The summed E-state index contributed by atoms with van der Waals surface area (Å²) in [6, 6.07) is 0. The predicted molar refractivity (Wildman–Crippen MR) is 46.4 cm³/mol. The molecule has 4 nitrogen and oxygen atoms in total. The standard InChI is InChI=1S/C5H5N3OS2/c6-5-7-2-1-10-11-3(2)4(9)8-5/h1H2,(H3,6,7,8,9). The van der Waals surface area contributed by atoms with Gasteiger partial charge >= 0.3 is 0 Å². The Kier molecular flexibility index (Phi) is 1.57. The molecule has 0 radical (unpaired) electrons. The molecule has 0 unspecified atom stereocenters. The molecule has 3 N–H and O–H groups in total. The van der Waals surface area contributed by atoms with Crippen LogP contribution in [0.1, 0.15) is 5.69 Å². The van der Waals surface area contributed by atoms with Crippen molar-refractivity contribution in [3.8, 4) is 0 Å². The molecule has 1 aliphatic rings. The lowest BCUT2D eigenvalue weighted by Crippen LogP contribution is -2.13. The summed E-state index contributed by atoms with van der Waals surface area (Å²) in [6.45, 7) is 0. The van der Waals surface area contributed by atoms with Gasteiger partial charge in [-0.15, -0.1) is 0 Å². The molecular weight excluding hydrogens is 182 g/mol. The van der Waals surface area contributed by atoms with E-state index in [1.165, 1.54) is 10.8 Å². The average Bonchev–Trinajstić information content (AvgIpc) is 2.34. The van der Waals surface area contributed by atoms with E-state index >= 15 is 0 Å². The van der Waals surface area contributed by atoms with Crippen molar-refractivity contribution < 1.29 is 0 Å². The number of fused-ring (bicyclic) bond motifs is 1. The SMILES string of the molecule is Nc1nc2c(c(=O)[nH]1)SSC2. The number of nitrogens with one attached hydrogen (secondary N) is 1. The third-order valence-electron chi connectivity index (χ3n) is 1.30. The summed E-state index contributed by atoms with van der Waals surface area (Å²) in [5.74, 6) is 0.977. The van der Waals surface area contributed by atoms with Crippen LogP contribution in [0.4, 0.5) is 5.95 Å². The highest BCUT2D eigenvalue weighted by Gasteiger charge is 2.17. The van der Waals surface area contributed by atoms with Crippen molar-refractivity contribution in [1.29, 1.82) is 0 Å². The summed E-state index contributed by atoms with van der Waals surface area (Å²) in [5.41, 5.74) is 6.03. The molecule has 58 valence electrons. The van der Waals surface area contributed by atoms with Gasteiger partial charge in [0.05, 0.1) is 5.69 Å². The predicted octanol–water partition coefficient (Wildman–Crippen LogP) is 0.606. The number of aromatic amines is 1. The monoisotopic (exact) mass is 187 g/mol. The third kappa shape index (κ3) is 1.12. The largest absolute Gasteiger partial charge is 0.369 e. The molecule has 1 aromatic rings. The van der Waals surface area contributed by atoms with Crippen LogP contribution in [0.15, 0.2) is 9.69 Å². The zero-order chi connectivity index (χ0) is 7.84. The van der Waals surface area contributed by atoms with Gasteiger partial charge in [0.15, 0.2) is 0 Å². The highest BCUT2D eigenvalue weighted by Crippen LogP contribution is 2.40. The molecule has 0 aromatic carbocycles. The van der Waals surface area contributed by atoms with Crippen LogP contribution in [0.3, 0.4) is 0 Å². The molecule has 0 fully saturated rings. The molecule has 2 heterocycles. The van der Waals surface area contributed by atoms with Crippen LogP contribution in [0.5, 0.6) is 0 Å². The van der Waals surface area contributed by atoms with E-state index in [0.717, 1.165) is 11.4 Å². The minimum Gasteiger partial charge on any atom is -0.369 e. The van der Waals surface area contributed by atoms with E-state index in [2.05, 4.69) is 9.97 Å². The fraction of sp³-hybridized carbons (Fsp3) is 0.200. The topological polar surface area (TPSA) is 71.8 Å². The second-order valence-electron chi connectivity index (χ2n) is 2.07. The Morgan fingerprint density at radius 2 is 2.45 bits per heavy atom.